The molecule has 4 heterocycles. The Labute approximate surface area is 133 Å². The normalized spacial score (nSPS) is 13.4. The van der Waals surface area contributed by atoms with Gasteiger partial charge in [-0.1, -0.05) is 23.2 Å². The fourth-order valence-electron chi connectivity index (χ4n) is 1.84. The molecule has 0 saturated heterocycles. The van der Waals surface area contributed by atoms with Gasteiger partial charge >= 0.3 is 0 Å². The third-order valence-electron chi connectivity index (χ3n) is 2.74. The Morgan fingerprint density at radius 1 is 1.14 bits per heavy atom. The zero-order valence-electron chi connectivity index (χ0n) is 10.9. The van der Waals surface area contributed by atoms with Gasteiger partial charge in [-0.05, 0) is 0 Å². The minimum Gasteiger partial charge on any atom is -0.310 e. The number of hydrogen-bond acceptors (Lipinski definition) is 5. The van der Waals surface area contributed by atoms with Crippen LogP contribution < -0.4 is 5.32 Å². The lowest BCUT2D eigenvalue weighted by molar-refractivity contribution is -0.115. The molecule has 4 rings (SSSR count). The van der Waals surface area contributed by atoms with Crippen LogP contribution in [-0.4, -0.2) is 36.2 Å². The van der Waals surface area contributed by atoms with Crippen molar-refractivity contribution in [3.63, 3.8) is 0 Å². The summed E-state index contributed by atoms with van der Waals surface area (Å²) in [7, 11) is 0. The highest BCUT2D eigenvalue weighted by Crippen LogP contribution is 2.15. The van der Waals surface area contributed by atoms with Crippen LogP contribution in [0, 0.1) is 0 Å². The molecule has 8 nitrogen and oxygen atoms in total. The topological polar surface area (TPSA) is 94.2 Å². The first-order chi connectivity index (χ1) is 10.5. The summed E-state index contributed by atoms with van der Waals surface area (Å²) < 4.78 is 2.69. The highest BCUT2D eigenvalue weighted by atomic mass is 35.5. The molecule has 112 valence electrons. The molecule has 1 aliphatic heterocycles. The Kier molecular flexibility index (Phi) is 3.78. The molecule has 0 aliphatic carbocycles. The second-order valence-electron chi connectivity index (χ2n) is 4.25. The highest BCUT2D eigenvalue weighted by Gasteiger charge is 2.21. The number of anilines is 1. The molecule has 22 heavy (non-hydrogen) atoms. The summed E-state index contributed by atoms with van der Waals surface area (Å²) in [5, 5.41) is 11.0. The minimum absolute atomic E-state index is 0.116. The number of aromatic nitrogens is 5. The number of nitrogens with zero attached hydrogens (tertiary/aromatic N) is 5. The van der Waals surface area contributed by atoms with E-state index in [9.17, 15) is 9.59 Å². The van der Waals surface area contributed by atoms with E-state index in [1.165, 1.54) is 15.4 Å². The largest absolute Gasteiger partial charge is 0.310 e. The van der Waals surface area contributed by atoms with Crippen molar-refractivity contribution in [1.82, 2.24) is 24.4 Å². The summed E-state index contributed by atoms with van der Waals surface area (Å²) >= 11 is 11.4. The summed E-state index contributed by atoms with van der Waals surface area (Å²) in [6, 6.07) is 4.86. The van der Waals surface area contributed by atoms with Crippen molar-refractivity contribution in [3.05, 3.63) is 40.9 Å². The van der Waals surface area contributed by atoms with Crippen LogP contribution in [0.15, 0.2) is 30.6 Å². The standard InChI is InChI=1S/C6H3Cl2N3.C6H5N3O2/c7-4-3-5(8)11-6(10-4)1-2-9-11;10-5-3-6(11)9-4(8-5)1-2-7-9/h1-3H;1-2H,3H2,(H,8,10). The quantitative estimate of drug-likeness (QED) is 0.499. The minimum atomic E-state index is -0.284. The zero-order chi connectivity index (χ0) is 15.7. The highest BCUT2D eigenvalue weighted by molar-refractivity contribution is 6.33. The molecule has 1 amide bonds. The van der Waals surface area contributed by atoms with Crippen LogP contribution in [0.1, 0.15) is 11.2 Å². The maximum atomic E-state index is 11.0. The van der Waals surface area contributed by atoms with Gasteiger partial charge in [0.2, 0.25) is 5.91 Å². The maximum absolute atomic E-state index is 11.0. The van der Waals surface area contributed by atoms with Crippen LogP contribution in [0.5, 0.6) is 0 Å². The van der Waals surface area contributed by atoms with Crippen molar-refractivity contribution in [2.75, 3.05) is 5.32 Å². The molecular weight excluding hydrogens is 331 g/mol. The van der Waals surface area contributed by atoms with Gasteiger partial charge in [0.1, 0.15) is 22.5 Å². The lowest BCUT2D eigenvalue weighted by atomic mass is 10.3. The van der Waals surface area contributed by atoms with Gasteiger partial charge in [-0.15, -0.1) is 0 Å². The number of carbonyl (C=O) groups is 2. The van der Waals surface area contributed by atoms with Crippen molar-refractivity contribution in [1.29, 1.82) is 0 Å². The van der Waals surface area contributed by atoms with Gasteiger partial charge in [0.15, 0.2) is 5.65 Å². The molecule has 3 aromatic heterocycles. The molecule has 1 N–H and O–H groups in total. The zero-order valence-corrected chi connectivity index (χ0v) is 12.4. The molecule has 0 fully saturated rings. The molecule has 0 saturated carbocycles. The third-order valence-corrected chi connectivity index (χ3v) is 3.21. The molecule has 0 aromatic carbocycles. The molecule has 1 aliphatic rings. The maximum Gasteiger partial charge on any atom is 0.258 e. The van der Waals surface area contributed by atoms with E-state index in [1.54, 1.807) is 24.4 Å². The second-order valence-corrected chi connectivity index (χ2v) is 5.02. The monoisotopic (exact) mass is 338 g/mol. The Morgan fingerprint density at radius 2 is 1.91 bits per heavy atom. The van der Waals surface area contributed by atoms with Crippen LogP contribution >= 0.6 is 23.2 Å². The Balaban J connectivity index is 0.000000131. The van der Waals surface area contributed by atoms with E-state index in [-0.39, 0.29) is 18.2 Å². The molecule has 0 unspecified atom stereocenters. The SMILES string of the molecule is Clc1cc(Cl)n2nccc2n1.O=C1CC(=O)n2nccc2N1. The molecule has 0 spiro atoms. The predicted molar refractivity (Wildman–Crippen MR) is 79.1 cm³/mol. The van der Waals surface area contributed by atoms with E-state index >= 15 is 0 Å². The number of amides is 1. The number of nitrogens with one attached hydrogen (secondary N) is 1. The van der Waals surface area contributed by atoms with E-state index < -0.39 is 0 Å². The van der Waals surface area contributed by atoms with Gasteiger partial charge in [-0.3, -0.25) is 9.59 Å². The van der Waals surface area contributed by atoms with Gasteiger partial charge in [-0.25, -0.2) is 9.50 Å². The fourth-order valence-corrected chi connectivity index (χ4v) is 2.32. The first kappa shape index (κ1) is 14.5. The van der Waals surface area contributed by atoms with Gasteiger partial charge in [0.25, 0.3) is 5.91 Å². The smallest absolute Gasteiger partial charge is 0.258 e. The van der Waals surface area contributed by atoms with Gasteiger partial charge in [0, 0.05) is 18.2 Å². The second kappa shape index (κ2) is 5.74. The molecular formula is C12H8Cl2N6O2. The van der Waals surface area contributed by atoms with Gasteiger partial charge in [-0.2, -0.15) is 14.9 Å². The van der Waals surface area contributed by atoms with Crippen LogP contribution in [0.4, 0.5) is 5.82 Å². The first-order valence-corrected chi connectivity index (χ1v) is 6.83. The Morgan fingerprint density at radius 3 is 2.73 bits per heavy atom. The number of carbonyl (C=O) groups excluding carboxylic acids is 2. The van der Waals surface area contributed by atoms with E-state index in [4.69, 9.17) is 23.2 Å². The fraction of sp³-hybridized carbons (Fsp3) is 0.0833. The molecule has 0 radical (unpaired) electrons. The lowest BCUT2D eigenvalue weighted by Crippen LogP contribution is -2.29. The Bertz CT molecular complexity index is 872. The van der Waals surface area contributed by atoms with E-state index in [0.29, 0.717) is 21.8 Å². The van der Waals surface area contributed by atoms with Crippen molar-refractivity contribution < 1.29 is 9.59 Å². The Hall–Kier alpha value is -2.45. The number of fused-ring (bicyclic) bond motifs is 2. The molecule has 0 atom stereocenters. The van der Waals surface area contributed by atoms with Crippen molar-refractivity contribution in [3.8, 4) is 0 Å². The van der Waals surface area contributed by atoms with Crippen LogP contribution in [0.2, 0.25) is 10.3 Å². The number of rotatable bonds is 0. The van der Waals surface area contributed by atoms with Crippen LogP contribution in [-0.2, 0) is 4.79 Å². The predicted octanol–water partition coefficient (Wildman–Crippen LogP) is 1.90. The molecule has 10 heteroatoms. The van der Waals surface area contributed by atoms with Crippen molar-refractivity contribution in [2.24, 2.45) is 0 Å². The summed E-state index contributed by atoms with van der Waals surface area (Å²) in [5.41, 5.74) is 0.655. The summed E-state index contributed by atoms with van der Waals surface area (Å²) in [6.07, 6.45) is 2.97. The van der Waals surface area contributed by atoms with Gasteiger partial charge in [0.05, 0.1) is 12.4 Å². The van der Waals surface area contributed by atoms with Gasteiger partial charge < -0.3 is 5.32 Å². The summed E-state index contributed by atoms with van der Waals surface area (Å²) in [5.74, 6) is -0.108. The summed E-state index contributed by atoms with van der Waals surface area (Å²) in [6.45, 7) is 0. The third kappa shape index (κ3) is 2.78. The lowest BCUT2D eigenvalue weighted by Gasteiger charge is -2.11. The average Bonchev–Trinajstić information content (AvgIpc) is 3.07. The van der Waals surface area contributed by atoms with Crippen molar-refractivity contribution in [2.45, 2.75) is 6.42 Å². The van der Waals surface area contributed by atoms with Crippen LogP contribution in [0.25, 0.3) is 5.65 Å². The number of halogens is 2. The van der Waals surface area contributed by atoms with E-state index in [2.05, 4.69) is 20.5 Å². The molecule has 3 aromatic rings. The number of hydrogen-bond donors (Lipinski definition) is 1. The summed E-state index contributed by atoms with van der Waals surface area (Å²) in [4.78, 5) is 25.7. The van der Waals surface area contributed by atoms with Crippen molar-refractivity contribution >= 4 is 46.5 Å². The molecule has 0 bridgehead atoms. The van der Waals surface area contributed by atoms with E-state index in [0.717, 1.165) is 0 Å². The van der Waals surface area contributed by atoms with E-state index in [1.807, 2.05) is 0 Å². The average molecular weight is 339 g/mol. The first-order valence-electron chi connectivity index (χ1n) is 6.07. The van der Waals surface area contributed by atoms with Crippen LogP contribution in [0.3, 0.4) is 0 Å².